The first kappa shape index (κ1) is 61.1. The third-order valence-corrected chi connectivity index (χ3v) is 12.8. The molecule has 0 saturated heterocycles. The zero-order valence-corrected chi connectivity index (χ0v) is 42.6. The van der Waals surface area contributed by atoms with Crippen molar-refractivity contribution in [2.45, 2.75) is 322 Å². The summed E-state index contributed by atoms with van der Waals surface area (Å²) in [5.41, 5.74) is 0. The second-order valence-corrected chi connectivity index (χ2v) is 19.2. The highest BCUT2D eigenvalue weighted by molar-refractivity contribution is 5.71. The van der Waals surface area contributed by atoms with E-state index in [1.54, 1.807) is 0 Å². The van der Waals surface area contributed by atoms with Gasteiger partial charge in [-0.15, -0.1) is 0 Å². The molecule has 0 aliphatic rings. The molecule has 63 heavy (non-hydrogen) atoms. The molecule has 0 radical (unpaired) electrons. The number of esters is 3. The van der Waals surface area contributed by atoms with Crippen LogP contribution in [0.25, 0.3) is 0 Å². The van der Waals surface area contributed by atoms with Crippen LogP contribution in [0.4, 0.5) is 0 Å². The minimum absolute atomic E-state index is 0.0664. The fraction of sp³-hybridized carbons (Fsp3) is 0.912. The van der Waals surface area contributed by atoms with Crippen molar-refractivity contribution in [3.8, 4) is 0 Å². The molecule has 0 bridgehead atoms. The molecule has 0 aromatic heterocycles. The van der Waals surface area contributed by atoms with Gasteiger partial charge in [0.25, 0.3) is 0 Å². The van der Waals surface area contributed by atoms with Crippen molar-refractivity contribution in [2.75, 3.05) is 13.2 Å². The van der Waals surface area contributed by atoms with E-state index in [0.29, 0.717) is 19.3 Å². The first-order valence-electron chi connectivity index (χ1n) is 28.2. The summed E-state index contributed by atoms with van der Waals surface area (Å²) in [6, 6.07) is 0. The van der Waals surface area contributed by atoms with Crippen LogP contribution >= 0.6 is 0 Å². The molecular formula is C57H108O6. The summed E-state index contributed by atoms with van der Waals surface area (Å²) in [5.74, 6) is -0.863. The van der Waals surface area contributed by atoms with Gasteiger partial charge in [-0.3, -0.25) is 14.4 Å². The molecule has 372 valence electrons. The van der Waals surface area contributed by atoms with Gasteiger partial charge in [-0.2, -0.15) is 0 Å². The van der Waals surface area contributed by atoms with E-state index in [0.717, 1.165) is 64.2 Å². The lowest BCUT2D eigenvalue weighted by molar-refractivity contribution is -0.167. The third-order valence-electron chi connectivity index (χ3n) is 12.8. The van der Waals surface area contributed by atoms with Crippen molar-refractivity contribution in [3.63, 3.8) is 0 Å². The van der Waals surface area contributed by atoms with Crippen molar-refractivity contribution in [3.05, 3.63) is 12.2 Å². The van der Waals surface area contributed by atoms with Crippen LogP contribution in [0, 0.1) is 0 Å². The molecule has 0 amide bonds. The predicted molar refractivity (Wildman–Crippen MR) is 270 cm³/mol. The van der Waals surface area contributed by atoms with Gasteiger partial charge in [0.2, 0.25) is 0 Å². The molecule has 0 heterocycles. The van der Waals surface area contributed by atoms with E-state index in [9.17, 15) is 14.4 Å². The molecule has 1 atom stereocenters. The molecular weight excluding hydrogens is 781 g/mol. The van der Waals surface area contributed by atoms with Crippen molar-refractivity contribution >= 4 is 17.9 Å². The third kappa shape index (κ3) is 51.0. The largest absolute Gasteiger partial charge is 0.462 e. The SMILES string of the molecule is CCCCCCCC/C=C\CCCCCCCCCCCC(=O)OC(COC(=O)CCCCCCC)COC(=O)CCCCCCCCCCCCCCCCCCCCCCC. The molecule has 0 rings (SSSR count). The van der Waals surface area contributed by atoms with Gasteiger partial charge >= 0.3 is 17.9 Å². The topological polar surface area (TPSA) is 78.9 Å². The number of ether oxygens (including phenoxy) is 3. The van der Waals surface area contributed by atoms with Crippen molar-refractivity contribution < 1.29 is 28.6 Å². The molecule has 0 N–H and O–H groups in total. The maximum atomic E-state index is 12.8. The molecule has 0 aromatic carbocycles. The zero-order valence-electron chi connectivity index (χ0n) is 42.6. The van der Waals surface area contributed by atoms with Crippen LogP contribution in [0.2, 0.25) is 0 Å². The molecule has 6 nitrogen and oxygen atoms in total. The van der Waals surface area contributed by atoms with E-state index in [-0.39, 0.29) is 31.1 Å². The van der Waals surface area contributed by atoms with E-state index in [4.69, 9.17) is 14.2 Å². The van der Waals surface area contributed by atoms with Crippen LogP contribution in [0.5, 0.6) is 0 Å². The lowest BCUT2D eigenvalue weighted by atomic mass is 10.0. The molecule has 6 heteroatoms. The van der Waals surface area contributed by atoms with Gasteiger partial charge < -0.3 is 14.2 Å². The highest BCUT2D eigenvalue weighted by Crippen LogP contribution is 2.17. The molecule has 0 aliphatic carbocycles. The summed E-state index contributed by atoms with van der Waals surface area (Å²) >= 11 is 0. The Hall–Kier alpha value is -1.85. The molecule has 0 saturated carbocycles. The normalized spacial score (nSPS) is 12.0. The van der Waals surface area contributed by atoms with Gasteiger partial charge in [0, 0.05) is 19.3 Å². The van der Waals surface area contributed by atoms with Crippen LogP contribution < -0.4 is 0 Å². The fourth-order valence-corrected chi connectivity index (χ4v) is 8.50. The Balaban J connectivity index is 4.05. The van der Waals surface area contributed by atoms with E-state index < -0.39 is 6.10 Å². The Morgan fingerprint density at radius 3 is 0.794 bits per heavy atom. The van der Waals surface area contributed by atoms with Crippen LogP contribution in [0.3, 0.4) is 0 Å². The van der Waals surface area contributed by atoms with E-state index in [1.165, 1.54) is 212 Å². The summed E-state index contributed by atoms with van der Waals surface area (Å²) < 4.78 is 16.7. The highest BCUT2D eigenvalue weighted by Gasteiger charge is 2.19. The number of unbranched alkanes of at least 4 members (excludes halogenated alkanes) is 39. The number of carbonyl (C=O) groups excluding carboxylic acids is 3. The minimum atomic E-state index is -0.763. The quantitative estimate of drug-likeness (QED) is 0.0262. The highest BCUT2D eigenvalue weighted by atomic mass is 16.6. The number of hydrogen-bond donors (Lipinski definition) is 0. The Morgan fingerprint density at radius 1 is 0.302 bits per heavy atom. The number of carbonyl (C=O) groups is 3. The standard InChI is InChI=1S/C57H108O6/c1-4-7-10-13-15-17-19-21-23-25-27-28-30-31-33-35-37-39-41-44-47-50-56(59)62-53-54(52-61-55(58)49-46-43-12-9-6-3)63-57(60)51-48-45-42-40-38-36-34-32-29-26-24-22-20-18-16-14-11-8-5-2/h22,24,54H,4-21,23,25-53H2,1-3H3/b24-22-. The summed E-state index contributed by atoms with van der Waals surface area (Å²) in [6.45, 7) is 6.60. The van der Waals surface area contributed by atoms with Gasteiger partial charge in [-0.25, -0.2) is 0 Å². The Morgan fingerprint density at radius 2 is 0.524 bits per heavy atom. The van der Waals surface area contributed by atoms with Gasteiger partial charge in [-0.1, -0.05) is 264 Å². The Kier molecular flexibility index (Phi) is 51.2. The fourth-order valence-electron chi connectivity index (χ4n) is 8.50. The number of allylic oxidation sites excluding steroid dienone is 2. The van der Waals surface area contributed by atoms with Crippen molar-refractivity contribution in [1.82, 2.24) is 0 Å². The van der Waals surface area contributed by atoms with E-state index in [1.807, 2.05) is 0 Å². The first-order valence-corrected chi connectivity index (χ1v) is 28.2. The van der Waals surface area contributed by atoms with E-state index in [2.05, 4.69) is 32.9 Å². The second-order valence-electron chi connectivity index (χ2n) is 19.2. The number of hydrogen-bond acceptors (Lipinski definition) is 6. The monoisotopic (exact) mass is 889 g/mol. The zero-order chi connectivity index (χ0) is 45.8. The second kappa shape index (κ2) is 52.8. The smallest absolute Gasteiger partial charge is 0.306 e. The Labute approximate surface area is 392 Å². The summed E-state index contributed by atoms with van der Waals surface area (Å²) in [4.78, 5) is 37.8. The molecule has 0 aromatic rings. The average molecular weight is 889 g/mol. The maximum absolute atomic E-state index is 12.8. The van der Waals surface area contributed by atoms with Gasteiger partial charge in [0.05, 0.1) is 0 Å². The average Bonchev–Trinajstić information content (AvgIpc) is 3.28. The molecule has 0 fully saturated rings. The van der Waals surface area contributed by atoms with Crippen LogP contribution in [0.1, 0.15) is 316 Å². The van der Waals surface area contributed by atoms with Crippen LogP contribution in [-0.4, -0.2) is 37.2 Å². The van der Waals surface area contributed by atoms with Crippen LogP contribution in [-0.2, 0) is 28.6 Å². The predicted octanol–water partition coefficient (Wildman–Crippen LogP) is 18.5. The van der Waals surface area contributed by atoms with Gasteiger partial charge in [0.15, 0.2) is 6.10 Å². The van der Waals surface area contributed by atoms with Crippen LogP contribution in [0.15, 0.2) is 12.2 Å². The number of rotatable bonds is 52. The van der Waals surface area contributed by atoms with E-state index >= 15 is 0 Å². The minimum Gasteiger partial charge on any atom is -0.462 e. The van der Waals surface area contributed by atoms with Gasteiger partial charge in [-0.05, 0) is 44.9 Å². The molecule has 0 spiro atoms. The summed E-state index contributed by atoms with van der Waals surface area (Å²) in [6.07, 6.45) is 59.6. The maximum Gasteiger partial charge on any atom is 0.306 e. The summed E-state index contributed by atoms with van der Waals surface area (Å²) in [7, 11) is 0. The van der Waals surface area contributed by atoms with Gasteiger partial charge in [0.1, 0.15) is 13.2 Å². The molecule has 0 aliphatic heterocycles. The lowest BCUT2D eigenvalue weighted by Gasteiger charge is -2.18. The Bertz CT molecular complexity index is 978. The molecule has 1 unspecified atom stereocenters. The first-order chi connectivity index (χ1) is 31.0. The lowest BCUT2D eigenvalue weighted by Crippen LogP contribution is -2.30. The van der Waals surface area contributed by atoms with Crippen molar-refractivity contribution in [1.29, 1.82) is 0 Å². The summed E-state index contributed by atoms with van der Waals surface area (Å²) in [5, 5.41) is 0. The van der Waals surface area contributed by atoms with Crippen molar-refractivity contribution in [2.24, 2.45) is 0 Å².